The first-order chi connectivity index (χ1) is 20.8. The minimum Gasteiger partial charge on any atom is -0.465 e. The van der Waals surface area contributed by atoms with Gasteiger partial charge in [-0.05, 0) is 62.6 Å². The van der Waals surface area contributed by atoms with E-state index in [1.165, 1.54) is 0 Å². The van der Waals surface area contributed by atoms with Gasteiger partial charge in [0.1, 0.15) is 29.8 Å². The number of para-hydroxylation sites is 1. The minimum absolute atomic E-state index is 0.0286. The molecule has 0 radical (unpaired) electrons. The molecule has 2 atom stereocenters. The molecule has 8 heterocycles. The molecule has 12 heteroatoms. The zero-order valence-corrected chi connectivity index (χ0v) is 24.6. The van der Waals surface area contributed by atoms with Crippen molar-refractivity contribution in [2.45, 2.75) is 62.3 Å². The second kappa shape index (κ2) is 10.1. The van der Waals surface area contributed by atoms with Gasteiger partial charge in [-0.2, -0.15) is 9.97 Å². The molecule has 3 aromatic rings. The summed E-state index contributed by atoms with van der Waals surface area (Å²) in [6.45, 7) is 2.84. The number of benzene rings is 1. The molecule has 9 nitrogen and oxygen atoms in total. The average molecular weight is 614 g/mol. The van der Waals surface area contributed by atoms with E-state index in [-0.39, 0.29) is 53.4 Å². The maximum atomic E-state index is 16.6. The van der Waals surface area contributed by atoms with Crippen molar-refractivity contribution in [2.24, 2.45) is 5.41 Å². The van der Waals surface area contributed by atoms with Crippen LogP contribution < -0.4 is 14.4 Å². The standard InChI is InChI=1S/C31H34ClF2N5O4/c32-22-5-1-4-20-24-23(34)25-21(11-35-24)27(37-28(36-25)42-16-30-7-3-9-39(30)12-19(33)10-30)38-8-2-6-29(15-38)13-31(40,14-29)17-41-18-43-26(20)22/h1,4-5,11,19,40H,2-3,6-10,12-18H2/t19-,29?,30+,31?/m1/s1. The van der Waals surface area contributed by atoms with Crippen molar-refractivity contribution in [2.75, 3.05) is 51.1 Å². The van der Waals surface area contributed by atoms with Gasteiger partial charge in [-0.15, -0.1) is 0 Å². The molecule has 1 aliphatic carbocycles. The van der Waals surface area contributed by atoms with Gasteiger partial charge in [0.05, 0.1) is 28.2 Å². The Morgan fingerprint density at radius 1 is 1.16 bits per heavy atom. The Kier molecular flexibility index (Phi) is 6.49. The SMILES string of the molecule is OC12COCOc3c(Cl)cccc3-c3ncc4c(nc(OC[C@@]56CCCN5C[C@H](F)C6)nc4c3F)N3CCCC(C3)(C1)C2. The molecule has 1 aromatic carbocycles. The van der Waals surface area contributed by atoms with E-state index in [0.29, 0.717) is 49.1 Å². The first-order valence-corrected chi connectivity index (χ1v) is 15.5. The Labute approximate surface area is 253 Å². The molecule has 3 saturated heterocycles. The van der Waals surface area contributed by atoms with Gasteiger partial charge in [-0.25, -0.2) is 8.78 Å². The van der Waals surface area contributed by atoms with Crippen LogP contribution in [0.4, 0.5) is 14.6 Å². The lowest BCUT2D eigenvalue weighted by Gasteiger charge is -2.57. The number of piperidine rings is 1. The fourth-order valence-corrected chi connectivity index (χ4v) is 8.69. The molecule has 6 aliphatic heterocycles. The summed E-state index contributed by atoms with van der Waals surface area (Å²) in [4.78, 5) is 18.3. The number of nitrogens with zero attached hydrogens (tertiary/aromatic N) is 5. The van der Waals surface area contributed by atoms with Gasteiger partial charge >= 0.3 is 6.01 Å². The van der Waals surface area contributed by atoms with Crippen LogP contribution in [0.2, 0.25) is 5.02 Å². The monoisotopic (exact) mass is 613 g/mol. The van der Waals surface area contributed by atoms with E-state index < -0.39 is 23.1 Å². The van der Waals surface area contributed by atoms with Crippen LogP contribution in [0.1, 0.15) is 44.9 Å². The van der Waals surface area contributed by atoms with E-state index in [4.69, 9.17) is 30.8 Å². The highest BCUT2D eigenvalue weighted by atomic mass is 35.5. The Balaban J connectivity index is 1.25. The number of fused-ring (bicyclic) bond motifs is 1. The highest BCUT2D eigenvalue weighted by molar-refractivity contribution is 6.32. The molecule has 4 fully saturated rings. The lowest BCUT2D eigenvalue weighted by Crippen LogP contribution is -2.60. The zero-order valence-electron chi connectivity index (χ0n) is 23.8. The molecule has 1 spiro atoms. The van der Waals surface area contributed by atoms with Gasteiger partial charge in [0.25, 0.3) is 0 Å². The Morgan fingerprint density at radius 3 is 2.91 bits per heavy atom. The summed E-state index contributed by atoms with van der Waals surface area (Å²) in [5, 5.41) is 12.0. The third-order valence-electron chi connectivity index (χ3n) is 10.1. The van der Waals surface area contributed by atoms with Crippen LogP contribution in [0.5, 0.6) is 11.8 Å². The lowest BCUT2D eigenvalue weighted by molar-refractivity contribution is -0.178. The molecular formula is C31H34ClF2N5O4. The Morgan fingerprint density at radius 2 is 2.02 bits per heavy atom. The van der Waals surface area contributed by atoms with Gasteiger partial charge in [-0.1, -0.05) is 17.7 Å². The smallest absolute Gasteiger partial charge is 0.319 e. The predicted molar refractivity (Wildman–Crippen MR) is 156 cm³/mol. The van der Waals surface area contributed by atoms with Gasteiger partial charge in [0, 0.05) is 37.8 Å². The highest BCUT2D eigenvalue weighted by Crippen LogP contribution is 2.54. The van der Waals surface area contributed by atoms with E-state index in [2.05, 4.69) is 19.8 Å². The zero-order chi connectivity index (χ0) is 29.4. The molecule has 10 rings (SSSR count). The molecule has 0 unspecified atom stereocenters. The van der Waals surface area contributed by atoms with Crippen molar-refractivity contribution in [3.8, 4) is 23.0 Å². The van der Waals surface area contributed by atoms with Crippen molar-refractivity contribution in [1.82, 2.24) is 19.9 Å². The maximum Gasteiger partial charge on any atom is 0.319 e. The fraction of sp³-hybridized carbons (Fsp3) is 0.581. The van der Waals surface area contributed by atoms with E-state index in [0.717, 1.165) is 38.8 Å². The lowest BCUT2D eigenvalue weighted by atomic mass is 9.56. The number of hydrogen-bond donors (Lipinski definition) is 1. The third-order valence-corrected chi connectivity index (χ3v) is 10.4. The summed E-state index contributed by atoms with van der Waals surface area (Å²) in [6, 6.07) is 5.09. The molecule has 228 valence electrons. The summed E-state index contributed by atoms with van der Waals surface area (Å²) >= 11 is 6.49. The van der Waals surface area contributed by atoms with Crippen LogP contribution >= 0.6 is 11.6 Å². The molecule has 43 heavy (non-hydrogen) atoms. The second-order valence-corrected chi connectivity index (χ2v) is 13.6. The molecule has 7 aliphatic rings. The Bertz CT molecular complexity index is 1590. The number of hydrogen-bond acceptors (Lipinski definition) is 9. The first kappa shape index (κ1) is 27.7. The van der Waals surface area contributed by atoms with Gasteiger partial charge < -0.3 is 24.2 Å². The largest absolute Gasteiger partial charge is 0.465 e. The number of alkyl halides is 1. The first-order valence-electron chi connectivity index (χ1n) is 15.1. The molecule has 1 N–H and O–H groups in total. The number of anilines is 1. The van der Waals surface area contributed by atoms with Gasteiger partial charge in [0.2, 0.25) is 0 Å². The highest BCUT2D eigenvalue weighted by Gasteiger charge is 2.55. The topological polar surface area (TPSA) is 93.1 Å². The van der Waals surface area contributed by atoms with Crippen LogP contribution in [0.25, 0.3) is 22.2 Å². The molecule has 7 bridgehead atoms. The van der Waals surface area contributed by atoms with Gasteiger partial charge in [0.15, 0.2) is 18.4 Å². The van der Waals surface area contributed by atoms with Crippen LogP contribution in [0.3, 0.4) is 0 Å². The predicted octanol–water partition coefficient (Wildman–Crippen LogP) is 4.92. The number of pyridine rings is 1. The van der Waals surface area contributed by atoms with E-state index in [1.54, 1.807) is 24.4 Å². The summed E-state index contributed by atoms with van der Waals surface area (Å²) in [5.74, 6) is 0.142. The number of ether oxygens (including phenoxy) is 3. The molecular weight excluding hydrogens is 580 g/mol. The minimum atomic E-state index is -0.946. The van der Waals surface area contributed by atoms with Crippen LogP contribution in [0, 0.1) is 11.2 Å². The van der Waals surface area contributed by atoms with Crippen molar-refractivity contribution < 1.29 is 28.1 Å². The van der Waals surface area contributed by atoms with E-state index in [9.17, 15) is 9.50 Å². The van der Waals surface area contributed by atoms with Crippen molar-refractivity contribution in [3.63, 3.8) is 0 Å². The number of rotatable bonds is 3. The number of aliphatic hydroxyl groups is 1. The maximum absolute atomic E-state index is 16.6. The van der Waals surface area contributed by atoms with Crippen LogP contribution in [-0.2, 0) is 4.74 Å². The van der Waals surface area contributed by atoms with Crippen molar-refractivity contribution in [1.29, 1.82) is 0 Å². The summed E-state index contributed by atoms with van der Waals surface area (Å²) < 4.78 is 48.9. The normalized spacial score (nSPS) is 32.0. The average Bonchev–Trinajstić information content (AvgIpc) is 3.49. The molecule has 0 amide bonds. The van der Waals surface area contributed by atoms with Crippen LogP contribution in [0.15, 0.2) is 24.4 Å². The molecule has 2 aromatic heterocycles. The summed E-state index contributed by atoms with van der Waals surface area (Å²) in [6.07, 6.45) is 5.99. The molecule has 1 saturated carbocycles. The van der Waals surface area contributed by atoms with E-state index >= 15 is 4.39 Å². The number of halogens is 3. The second-order valence-electron chi connectivity index (χ2n) is 13.2. The van der Waals surface area contributed by atoms with Crippen molar-refractivity contribution in [3.05, 3.63) is 35.2 Å². The van der Waals surface area contributed by atoms with Crippen molar-refractivity contribution >= 4 is 28.3 Å². The summed E-state index contributed by atoms with van der Waals surface area (Å²) in [7, 11) is 0. The van der Waals surface area contributed by atoms with Crippen LogP contribution in [-0.4, -0.2) is 88.5 Å². The van der Waals surface area contributed by atoms with E-state index in [1.807, 2.05) is 0 Å². The quantitative estimate of drug-likeness (QED) is 0.442. The number of aromatic nitrogens is 3. The third kappa shape index (κ3) is 4.62. The Hall–Kier alpha value is -2.86. The summed E-state index contributed by atoms with van der Waals surface area (Å²) in [5.41, 5.74) is -0.991. The fourth-order valence-electron chi connectivity index (χ4n) is 8.46. The van der Waals surface area contributed by atoms with Gasteiger partial charge in [-0.3, -0.25) is 9.88 Å².